The SMILES string of the molecule is CCS(=O)(=O)CCCC1(CNCC(C)C)CC1. The third-order valence-electron chi connectivity index (χ3n) is 3.61. The molecule has 0 spiro atoms. The maximum Gasteiger partial charge on any atom is 0.150 e. The fraction of sp³-hybridized carbons (Fsp3) is 1.00. The first-order valence-corrected chi connectivity index (χ1v) is 8.62. The lowest BCUT2D eigenvalue weighted by atomic mass is 10.0. The van der Waals surface area contributed by atoms with Crippen LogP contribution in [0.4, 0.5) is 0 Å². The molecule has 0 atom stereocenters. The Balaban J connectivity index is 2.18. The van der Waals surface area contributed by atoms with Crippen molar-refractivity contribution in [3.8, 4) is 0 Å². The largest absolute Gasteiger partial charge is 0.316 e. The quantitative estimate of drug-likeness (QED) is 0.692. The van der Waals surface area contributed by atoms with Gasteiger partial charge in [-0.25, -0.2) is 8.42 Å². The normalized spacial score (nSPS) is 18.6. The summed E-state index contributed by atoms with van der Waals surface area (Å²) < 4.78 is 22.8. The Kier molecular flexibility index (Phi) is 5.45. The third kappa shape index (κ3) is 5.87. The standard InChI is InChI=1S/C13H27NO2S/c1-4-17(15,16)9-5-6-13(7-8-13)11-14-10-12(2)3/h12,14H,4-11H2,1-3H3. The smallest absolute Gasteiger partial charge is 0.150 e. The fourth-order valence-electron chi connectivity index (χ4n) is 2.13. The average molecular weight is 261 g/mol. The summed E-state index contributed by atoms with van der Waals surface area (Å²) in [5, 5.41) is 3.50. The van der Waals surface area contributed by atoms with Gasteiger partial charge in [0.2, 0.25) is 0 Å². The molecule has 0 heterocycles. The van der Waals surface area contributed by atoms with E-state index in [1.165, 1.54) is 12.8 Å². The van der Waals surface area contributed by atoms with Gasteiger partial charge in [0.25, 0.3) is 0 Å². The molecule has 1 saturated carbocycles. The number of rotatable bonds is 9. The third-order valence-corrected chi connectivity index (χ3v) is 5.40. The van der Waals surface area contributed by atoms with Crippen LogP contribution in [-0.2, 0) is 9.84 Å². The van der Waals surface area contributed by atoms with Crippen LogP contribution in [0.5, 0.6) is 0 Å². The zero-order valence-corrected chi connectivity index (χ0v) is 12.3. The maximum absolute atomic E-state index is 11.4. The molecule has 1 N–H and O–H groups in total. The molecule has 0 bridgehead atoms. The highest BCUT2D eigenvalue weighted by Crippen LogP contribution is 2.49. The average Bonchev–Trinajstić information content (AvgIpc) is 2.98. The Morgan fingerprint density at radius 2 is 1.94 bits per heavy atom. The second-order valence-electron chi connectivity index (χ2n) is 5.86. The van der Waals surface area contributed by atoms with E-state index in [9.17, 15) is 8.42 Å². The first-order chi connectivity index (χ1) is 7.89. The second kappa shape index (κ2) is 6.19. The van der Waals surface area contributed by atoms with Crippen molar-refractivity contribution in [1.82, 2.24) is 5.32 Å². The van der Waals surface area contributed by atoms with Gasteiger partial charge in [0, 0.05) is 12.3 Å². The molecule has 4 heteroatoms. The Morgan fingerprint density at radius 1 is 1.29 bits per heavy atom. The zero-order chi connectivity index (χ0) is 12.9. The van der Waals surface area contributed by atoms with Crippen LogP contribution < -0.4 is 5.32 Å². The minimum atomic E-state index is -2.77. The predicted molar refractivity (Wildman–Crippen MR) is 72.9 cm³/mol. The van der Waals surface area contributed by atoms with Gasteiger partial charge >= 0.3 is 0 Å². The molecule has 1 rings (SSSR count). The van der Waals surface area contributed by atoms with Crippen molar-refractivity contribution in [2.45, 2.75) is 46.5 Å². The maximum atomic E-state index is 11.4. The van der Waals surface area contributed by atoms with Gasteiger partial charge in [0.1, 0.15) is 9.84 Å². The molecule has 0 unspecified atom stereocenters. The van der Waals surface area contributed by atoms with Gasteiger partial charge in [-0.15, -0.1) is 0 Å². The van der Waals surface area contributed by atoms with Gasteiger partial charge in [-0.2, -0.15) is 0 Å². The van der Waals surface area contributed by atoms with Crippen LogP contribution in [0.15, 0.2) is 0 Å². The minimum Gasteiger partial charge on any atom is -0.316 e. The summed E-state index contributed by atoms with van der Waals surface area (Å²) >= 11 is 0. The van der Waals surface area contributed by atoms with E-state index in [4.69, 9.17) is 0 Å². The number of hydrogen-bond acceptors (Lipinski definition) is 3. The van der Waals surface area contributed by atoms with Crippen molar-refractivity contribution in [3.05, 3.63) is 0 Å². The van der Waals surface area contributed by atoms with Gasteiger partial charge < -0.3 is 5.32 Å². The molecule has 0 aromatic carbocycles. The molecule has 1 aliphatic carbocycles. The number of nitrogens with one attached hydrogen (secondary N) is 1. The first-order valence-electron chi connectivity index (χ1n) is 6.80. The van der Waals surface area contributed by atoms with E-state index < -0.39 is 9.84 Å². The van der Waals surface area contributed by atoms with Crippen LogP contribution in [-0.4, -0.2) is 33.0 Å². The molecule has 17 heavy (non-hydrogen) atoms. The van der Waals surface area contributed by atoms with Crippen molar-refractivity contribution in [1.29, 1.82) is 0 Å². The van der Waals surface area contributed by atoms with Crippen molar-refractivity contribution >= 4 is 9.84 Å². The van der Waals surface area contributed by atoms with Crippen LogP contribution in [0.1, 0.15) is 46.5 Å². The Bertz CT molecular complexity index is 318. The topological polar surface area (TPSA) is 46.2 Å². The van der Waals surface area contributed by atoms with Crippen LogP contribution in [0.2, 0.25) is 0 Å². The summed E-state index contributed by atoms with van der Waals surface area (Å²) in [5.41, 5.74) is 0.429. The number of hydrogen-bond donors (Lipinski definition) is 1. The highest BCUT2D eigenvalue weighted by molar-refractivity contribution is 7.91. The van der Waals surface area contributed by atoms with E-state index in [-0.39, 0.29) is 5.75 Å². The second-order valence-corrected chi connectivity index (χ2v) is 8.34. The van der Waals surface area contributed by atoms with Crippen LogP contribution in [0.3, 0.4) is 0 Å². The summed E-state index contributed by atoms with van der Waals surface area (Å²) in [7, 11) is -2.77. The fourth-order valence-corrected chi connectivity index (χ4v) is 3.00. The highest BCUT2D eigenvalue weighted by atomic mass is 32.2. The lowest BCUT2D eigenvalue weighted by Gasteiger charge is -2.16. The molecule has 0 saturated heterocycles. The van der Waals surface area contributed by atoms with E-state index in [1.807, 2.05) is 0 Å². The zero-order valence-electron chi connectivity index (χ0n) is 11.5. The molecule has 3 nitrogen and oxygen atoms in total. The van der Waals surface area contributed by atoms with Gasteiger partial charge in [-0.05, 0) is 43.6 Å². The van der Waals surface area contributed by atoms with Gasteiger partial charge in [0.15, 0.2) is 0 Å². The Hall–Kier alpha value is -0.0900. The van der Waals surface area contributed by atoms with Crippen LogP contribution in [0.25, 0.3) is 0 Å². The monoisotopic (exact) mass is 261 g/mol. The van der Waals surface area contributed by atoms with E-state index in [2.05, 4.69) is 19.2 Å². The van der Waals surface area contributed by atoms with Crippen LogP contribution in [0, 0.1) is 11.3 Å². The van der Waals surface area contributed by atoms with Crippen molar-refractivity contribution in [2.24, 2.45) is 11.3 Å². The summed E-state index contributed by atoms with van der Waals surface area (Å²) in [4.78, 5) is 0. The minimum absolute atomic E-state index is 0.283. The first kappa shape index (κ1) is 15.0. The van der Waals surface area contributed by atoms with E-state index in [1.54, 1.807) is 6.92 Å². The molecule has 102 valence electrons. The molecule has 1 fully saturated rings. The van der Waals surface area contributed by atoms with Crippen molar-refractivity contribution in [2.75, 3.05) is 24.6 Å². The lowest BCUT2D eigenvalue weighted by molar-refractivity contribution is 0.405. The van der Waals surface area contributed by atoms with Gasteiger partial charge in [0.05, 0.1) is 5.75 Å². The summed E-state index contributed by atoms with van der Waals surface area (Å²) in [5.74, 6) is 1.34. The van der Waals surface area contributed by atoms with E-state index >= 15 is 0 Å². The molecule has 0 radical (unpaired) electrons. The molecular weight excluding hydrogens is 234 g/mol. The Labute approximate surface area is 106 Å². The van der Waals surface area contributed by atoms with Gasteiger partial charge in [-0.1, -0.05) is 20.8 Å². The van der Waals surface area contributed by atoms with Gasteiger partial charge in [-0.3, -0.25) is 0 Å². The van der Waals surface area contributed by atoms with E-state index in [0.717, 1.165) is 25.9 Å². The predicted octanol–water partition coefficient (Wildman–Crippen LogP) is 2.23. The summed E-state index contributed by atoms with van der Waals surface area (Å²) in [6, 6.07) is 0. The summed E-state index contributed by atoms with van der Waals surface area (Å²) in [6.45, 7) is 8.28. The van der Waals surface area contributed by atoms with Crippen molar-refractivity contribution < 1.29 is 8.42 Å². The molecule has 0 aromatic rings. The molecule has 0 aliphatic heterocycles. The van der Waals surface area contributed by atoms with Crippen LogP contribution >= 0.6 is 0 Å². The molecular formula is C13H27NO2S. The molecule has 0 amide bonds. The summed E-state index contributed by atoms with van der Waals surface area (Å²) in [6.07, 6.45) is 4.44. The highest BCUT2D eigenvalue weighted by Gasteiger charge is 2.41. The molecule has 0 aromatic heterocycles. The number of sulfone groups is 1. The Morgan fingerprint density at radius 3 is 2.41 bits per heavy atom. The van der Waals surface area contributed by atoms with Crippen molar-refractivity contribution in [3.63, 3.8) is 0 Å². The molecule has 1 aliphatic rings. The lowest BCUT2D eigenvalue weighted by Crippen LogP contribution is -2.27. The van der Waals surface area contributed by atoms with E-state index in [0.29, 0.717) is 17.1 Å².